The molecule has 1 aromatic heterocycles. The van der Waals surface area contributed by atoms with Crippen LogP contribution in [0.25, 0.3) is 0 Å². The highest BCUT2D eigenvalue weighted by molar-refractivity contribution is 7.89. The van der Waals surface area contributed by atoms with E-state index in [9.17, 15) is 8.42 Å². The van der Waals surface area contributed by atoms with Gasteiger partial charge in [-0.15, -0.1) is 0 Å². The van der Waals surface area contributed by atoms with Crippen molar-refractivity contribution in [3.8, 4) is 0 Å². The van der Waals surface area contributed by atoms with E-state index >= 15 is 0 Å². The molecule has 0 atom stereocenters. The number of sulfonamides is 1. The van der Waals surface area contributed by atoms with Gasteiger partial charge in [0.15, 0.2) is 0 Å². The van der Waals surface area contributed by atoms with Gasteiger partial charge in [-0.1, -0.05) is 6.92 Å². The van der Waals surface area contributed by atoms with Gasteiger partial charge >= 0.3 is 0 Å². The molecule has 0 spiro atoms. The van der Waals surface area contributed by atoms with Crippen LogP contribution in [0.3, 0.4) is 0 Å². The lowest BCUT2D eigenvalue weighted by Gasteiger charge is -2.06. The number of nitrogen functional groups attached to an aromatic ring is 1. The molecule has 0 aromatic carbocycles. The van der Waals surface area contributed by atoms with Crippen LogP contribution in [-0.4, -0.2) is 38.1 Å². The summed E-state index contributed by atoms with van der Waals surface area (Å²) in [6.07, 6.45) is 3.93. The molecule has 0 radical (unpaired) electrons. The Bertz CT molecular complexity index is 447. The lowest BCUT2D eigenvalue weighted by Crippen LogP contribution is -2.26. The monoisotopic (exact) mass is 274 g/mol. The fourth-order valence-electron chi connectivity index (χ4n) is 1.18. The van der Waals surface area contributed by atoms with Gasteiger partial charge in [-0.3, -0.25) is 0 Å². The molecule has 1 aromatic rings. The number of rotatable bonds is 8. The molecule has 0 bridgehead atoms. The highest BCUT2D eigenvalue weighted by atomic mass is 32.2. The van der Waals surface area contributed by atoms with Crippen molar-refractivity contribution in [3.05, 3.63) is 12.4 Å². The molecule has 0 saturated carbocycles. The Morgan fingerprint density at radius 3 is 2.61 bits per heavy atom. The molecule has 3 N–H and O–H groups in total. The van der Waals surface area contributed by atoms with Crippen LogP contribution in [0.2, 0.25) is 0 Å². The molecule has 0 amide bonds. The van der Waals surface area contributed by atoms with E-state index in [4.69, 9.17) is 10.5 Å². The van der Waals surface area contributed by atoms with E-state index in [0.29, 0.717) is 26.2 Å². The molecule has 0 saturated heterocycles. The van der Waals surface area contributed by atoms with Gasteiger partial charge in [0.2, 0.25) is 16.0 Å². The number of anilines is 1. The first-order valence-electron chi connectivity index (χ1n) is 5.71. The summed E-state index contributed by atoms with van der Waals surface area (Å²) in [4.78, 5) is 7.28. The Morgan fingerprint density at radius 2 is 2.00 bits per heavy atom. The summed E-state index contributed by atoms with van der Waals surface area (Å²) in [6, 6.07) is 0. The van der Waals surface area contributed by atoms with Crippen LogP contribution >= 0.6 is 0 Å². The van der Waals surface area contributed by atoms with Crippen molar-refractivity contribution in [2.45, 2.75) is 24.7 Å². The fourth-order valence-corrected chi connectivity index (χ4v) is 2.14. The zero-order valence-electron chi connectivity index (χ0n) is 10.3. The second-order valence-corrected chi connectivity index (χ2v) is 5.41. The second-order valence-electron chi connectivity index (χ2n) is 3.64. The van der Waals surface area contributed by atoms with Crippen molar-refractivity contribution < 1.29 is 13.2 Å². The van der Waals surface area contributed by atoms with Crippen molar-refractivity contribution in [2.75, 3.05) is 25.5 Å². The zero-order chi connectivity index (χ0) is 13.4. The molecule has 7 nitrogen and oxygen atoms in total. The van der Waals surface area contributed by atoms with Gasteiger partial charge in [-0.05, 0) is 12.8 Å². The topological polar surface area (TPSA) is 107 Å². The Hall–Kier alpha value is -1.25. The number of nitrogens with zero attached hydrogens (tertiary/aromatic N) is 2. The second kappa shape index (κ2) is 7.24. The van der Waals surface area contributed by atoms with Gasteiger partial charge in [0, 0.05) is 19.8 Å². The van der Waals surface area contributed by atoms with E-state index in [1.165, 1.54) is 12.4 Å². The molecule has 0 aliphatic carbocycles. The summed E-state index contributed by atoms with van der Waals surface area (Å²) in [6.45, 7) is 3.56. The van der Waals surface area contributed by atoms with E-state index in [2.05, 4.69) is 14.7 Å². The minimum Gasteiger partial charge on any atom is -0.381 e. The summed E-state index contributed by atoms with van der Waals surface area (Å²) >= 11 is 0. The first-order valence-corrected chi connectivity index (χ1v) is 7.19. The van der Waals surface area contributed by atoms with Gasteiger partial charge in [-0.2, -0.15) is 0 Å². The normalized spacial score (nSPS) is 11.6. The van der Waals surface area contributed by atoms with Gasteiger partial charge < -0.3 is 10.5 Å². The molecule has 102 valence electrons. The maximum Gasteiger partial charge on any atom is 0.243 e. The molecule has 8 heteroatoms. The summed E-state index contributed by atoms with van der Waals surface area (Å²) < 4.78 is 31.2. The third kappa shape index (κ3) is 4.94. The minimum atomic E-state index is -3.56. The molecule has 0 aliphatic heterocycles. The molecule has 0 fully saturated rings. The maximum absolute atomic E-state index is 11.8. The molecule has 0 unspecified atom stereocenters. The quantitative estimate of drug-likeness (QED) is 0.654. The number of nitrogens with two attached hydrogens (primary N) is 1. The maximum atomic E-state index is 11.8. The number of ether oxygens (including phenoxy) is 1. The highest BCUT2D eigenvalue weighted by Crippen LogP contribution is 2.05. The van der Waals surface area contributed by atoms with Crippen LogP contribution in [0.5, 0.6) is 0 Å². The Balaban J connectivity index is 2.38. The fraction of sp³-hybridized carbons (Fsp3) is 0.600. The first kappa shape index (κ1) is 14.8. The largest absolute Gasteiger partial charge is 0.381 e. The van der Waals surface area contributed by atoms with E-state index in [-0.39, 0.29) is 10.8 Å². The van der Waals surface area contributed by atoms with Crippen LogP contribution in [0, 0.1) is 0 Å². The summed E-state index contributed by atoms with van der Waals surface area (Å²) in [5, 5.41) is 0. The lowest BCUT2D eigenvalue weighted by atomic mass is 10.4. The van der Waals surface area contributed by atoms with Gasteiger partial charge in [0.05, 0.1) is 12.4 Å². The lowest BCUT2D eigenvalue weighted by molar-refractivity contribution is 0.133. The summed E-state index contributed by atoms with van der Waals surface area (Å²) in [5.74, 6) is 0.0434. The number of nitrogens with one attached hydrogen (secondary N) is 1. The number of hydrogen-bond donors (Lipinski definition) is 2. The van der Waals surface area contributed by atoms with E-state index in [1.807, 2.05) is 6.92 Å². The number of hydrogen-bond acceptors (Lipinski definition) is 6. The predicted octanol–water partition coefficient (Wildman–Crippen LogP) is 0.154. The number of aromatic nitrogens is 2. The SMILES string of the molecule is CCCOCCCNS(=O)(=O)c1cnc(N)nc1. The Labute approximate surface area is 107 Å². The molecule has 0 aliphatic rings. The summed E-state index contributed by atoms with van der Waals surface area (Å²) in [7, 11) is -3.56. The van der Waals surface area contributed by atoms with Crippen LogP contribution in [0.15, 0.2) is 17.3 Å². The van der Waals surface area contributed by atoms with E-state index < -0.39 is 10.0 Å². The average Bonchev–Trinajstić information content (AvgIpc) is 2.34. The third-order valence-electron chi connectivity index (χ3n) is 2.06. The predicted molar refractivity (Wildman–Crippen MR) is 67.4 cm³/mol. The Morgan fingerprint density at radius 1 is 1.33 bits per heavy atom. The zero-order valence-corrected chi connectivity index (χ0v) is 11.1. The van der Waals surface area contributed by atoms with Gasteiger partial charge in [0.25, 0.3) is 0 Å². The summed E-state index contributed by atoms with van der Waals surface area (Å²) in [5.41, 5.74) is 5.28. The Kier molecular flexibility index (Phi) is 5.96. The van der Waals surface area contributed by atoms with Crippen molar-refractivity contribution in [1.82, 2.24) is 14.7 Å². The third-order valence-corrected chi connectivity index (χ3v) is 3.48. The van der Waals surface area contributed by atoms with E-state index in [1.54, 1.807) is 0 Å². The van der Waals surface area contributed by atoms with Gasteiger partial charge in [0.1, 0.15) is 4.90 Å². The van der Waals surface area contributed by atoms with Crippen molar-refractivity contribution in [2.24, 2.45) is 0 Å². The smallest absolute Gasteiger partial charge is 0.243 e. The molecule has 1 rings (SSSR count). The van der Waals surface area contributed by atoms with Crippen LogP contribution in [0.1, 0.15) is 19.8 Å². The van der Waals surface area contributed by atoms with Crippen molar-refractivity contribution in [1.29, 1.82) is 0 Å². The molecular formula is C10H18N4O3S. The van der Waals surface area contributed by atoms with Gasteiger partial charge in [-0.25, -0.2) is 23.1 Å². The first-order chi connectivity index (χ1) is 8.56. The molecule has 18 heavy (non-hydrogen) atoms. The van der Waals surface area contributed by atoms with Crippen LogP contribution < -0.4 is 10.5 Å². The standard InChI is InChI=1S/C10H18N4O3S/c1-2-5-17-6-3-4-14-18(15,16)9-7-12-10(11)13-8-9/h7-8,14H,2-6H2,1H3,(H2,11,12,13). The van der Waals surface area contributed by atoms with Crippen LogP contribution in [0.4, 0.5) is 5.95 Å². The minimum absolute atomic E-state index is 0.00572. The van der Waals surface area contributed by atoms with Crippen molar-refractivity contribution >= 4 is 16.0 Å². The highest BCUT2D eigenvalue weighted by Gasteiger charge is 2.13. The van der Waals surface area contributed by atoms with E-state index in [0.717, 1.165) is 6.42 Å². The van der Waals surface area contributed by atoms with Crippen molar-refractivity contribution in [3.63, 3.8) is 0 Å². The average molecular weight is 274 g/mol. The van der Waals surface area contributed by atoms with Crippen LogP contribution in [-0.2, 0) is 14.8 Å². The molecular weight excluding hydrogens is 256 g/mol. The molecule has 1 heterocycles.